The van der Waals surface area contributed by atoms with E-state index in [0.717, 1.165) is 24.1 Å². The van der Waals surface area contributed by atoms with Crippen molar-refractivity contribution in [3.8, 4) is 17.2 Å². The number of hydrogen-bond donors (Lipinski definition) is 1. The first kappa shape index (κ1) is 17.2. The molecule has 0 saturated carbocycles. The van der Waals surface area contributed by atoms with Crippen molar-refractivity contribution < 1.29 is 23.0 Å². The second-order valence-corrected chi connectivity index (χ2v) is 6.04. The van der Waals surface area contributed by atoms with E-state index in [2.05, 4.69) is 20.8 Å². The summed E-state index contributed by atoms with van der Waals surface area (Å²) in [6, 6.07) is 10.3. The molecule has 0 aliphatic rings. The van der Waals surface area contributed by atoms with Gasteiger partial charge in [0.2, 0.25) is 0 Å². The number of ether oxygens (including phenoxy) is 1. The van der Waals surface area contributed by atoms with Gasteiger partial charge in [0.05, 0.1) is 0 Å². The number of halogens is 3. The van der Waals surface area contributed by atoms with Gasteiger partial charge in [-0.15, -0.1) is 0 Å². The molecular formula is C18H19F3O2. The molecule has 0 heterocycles. The van der Waals surface area contributed by atoms with Gasteiger partial charge in [-0.1, -0.05) is 32.9 Å². The number of phenolic OH excluding ortho intramolecular Hbond substituents is 1. The van der Waals surface area contributed by atoms with E-state index in [1.165, 1.54) is 6.07 Å². The highest BCUT2D eigenvalue weighted by molar-refractivity contribution is 5.43. The van der Waals surface area contributed by atoms with E-state index in [1.807, 2.05) is 12.1 Å². The van der Waals surface area contributed by atoms with Crippen molar-refractivity contribution >= 4 is 0 Å². The lowest BCUT2D eigenvalue weighted by atomic mass is 9.82. The number of benzene rings is 2. The van der Waals surface area contributed by atoms with Crippen LogP contribution in [0.1, 0.15) is 38.3 Å². The summed E-state index contributed by atoms with van der Waals surface area (Å²) in [6.07, 6.45) is -3.65. The van der Waals surface area contributed by atoms with E-state index in [-0.39, 0.29) is 11.2 Å². The van der Waals surface area contributed by atoms with Gasteiger partial charge in [0.1, 0.15) is 22.8 Å². The van der Waals surface area contributed by atoms with Crippen molar-refractivity contribution in [3.05, 3.63) is 53.6 Å². The van der Waals surface area contributed by atoms with Crippen LogP contribution in [0.2, 0.25) is 0 Å². The molecule has 0 atom stereocenters. The quantitative estimate of drug-likeness (QED) is 0.759. The van der Waals surface area contributed by atoms with E-state index < -0.39 is 17.5 Å². The Morgan fingerprint density at radius 3 is 2.04 bits per heavy atom. The molecule has 2 nitrogen and oxygen atoms in total. The predicted molar refractivity (Wildman–Crippen MR) is 82.9 cm³/mol. The molecule has 0 fully saturated rings. The summed E-state index contributed by atoms with van der Waals surface area (Å²) in [6.45, 7) is 6.34. The highest BCUT2D eigenvalue weighted by atomic mass is 19.4. The molecule has 0 aliphatic carbocycles. The summed E-state index contributed by atoms with van der Waals surface area (Å²) >= 11 is 0. The smallest absolute Gasteiger partial charge is 0.420 e. The van der Waals surface area contributed by atoms with Gasteiger partial charge in [-0.05, 0) is 47.7 Å². The van der Waals surface area contributed by atoms with Gasteiger partial charge in [0.15, 0.2) is 0 Å². The number of rotatable bonds is 4. The standard InChI is InChI=1S/C18H19F3O2/c1-4-17(2,3)12-5-7-13(8-6-12)23-14-9-10-16(22)15(11-14)18(19,20)21/h5-11,22H,4H2,1-3H3. The van der Waals surface area contributed by atoms with Crippen molar-refractivity contribution in [1.82, 2.24) is 0 Å². The molecule has 124 valence electrons. The highest BCUT2D eigenvalue weighted by Gasteiger charge is 2.34. The highest BCUT2D eigenvalue weighted by Crippen LogP contribution is 2.38. The largest absolute Gasteiger partial charge is 0.507 e. The van der Waals surface area contributed by atoms with Crippen molar-refractivity contribution in [2.45, 2.75) is 38.8 Å². The molecule has 0 spiro atoms. The Bertz CT molecular complexity index is 674. The molecule has 0 aliphatic heterocycles. The first-order valence-corrected chi connectivity index (χ1v) is 7.32. The first-order valence-electron chi connectivity index (χ1n) is 7.32. The lowest BCUT2D eigenvalue weighted by Gasteiger charge is -2.23. The molecule has 1 N–H and O–H groups in total. The molecule has 0 unspecified atom stereocenters. The average molecular weight is 324 g/mol. The van der Waals surface area contributed by atoms with Crippen LogP contribution in [0.25, 0.3) is 0 Å². The molecule has 0 bridgehead atoms. The number of aromatic hydroxyl groups is 1. The average Bonchev–Trinajstić information content (AvgIpc) is 2.48. The molecule has 5 heteroatoms. The maximum absolute atomic E-state index is 12.8. The molecule has 23 heavy (non-hydrogen) atoms. The summed E-state index contributed by atoms with van der Waals surface area (Å²) < 4.78 is 43.8. The number of alkyl halides is 3. The van der Waals surface area contributed by atoms with Crippen LogP contribution < -0.4 is 4.74 Å². The van der Waals surface area contributed by atoms with Crippen LogP contribution >= 0.6 is 0 Å². The topological polar surface area (TPSA) is 29.5 Å². The zero-order valence-electron chi connectivity index (χ0n) is 13.2. The van der Waals surface area contributed by atoms with Crippen LogP contribution in [0.4, 0.5) is 13.2 Å². The minimum atomic E-state index is -4.63. The second-order valence-electron chi connectivity index (χ2n) is 6.04. The molecular weight excluding hydrogens is 305 g/mol. The fourth-order valence-electron chi connectivity index (χ4n) is 2.12. The zero-order valence-corrected chi connectivity index (χ0v) is 13.2. The Morgan fingerprint density at radius 1 is 0.957 bits per heavy atom. The minimum Gasteiger partial charge on any atom is -0.507 e. The van der Waals surface area contributed by atoms with Crippen molar-refractivity contribution in [2.24, 2.45) is 0 Å². The third-order valence-electron chi connectivity index (χ3n) is 4.03. The van der Waals surface area contributed by atoms with Crippen LogP contribution in [0.15, 0.2) is 42.5 Å². The molecule has 0 aromatic heterocycles. The van der Waals surface area contributed by atoms with Gasteiger partial charge in [-0.25, -0.2) is 0 Å². The maximum Gasteiger partial charge on any atom is 0.420 e. The Balaban J connectivity index is 2.23. The van der Waals surface area contributed by atoms with Crippen LogP contribution in [0.3, 0.4) is 0 Å². The summed E-state index contributed by atoms with van der Waals surface area (Å²) in [7, 11) is 0. The van der Waals surface area contributed by atoms with Gasteiger partial charge in [-0.2, -0.15) is 13.2 Å². The van der Waals surface area contributed by atoms with Crippen LogP contribution in [0, 0.1) is 0 Å². The lowest BCUT2D eigenvalue weighted by molar-refractivity contribution is -0.138. The van der Waals surface area contributed by atoms with Crippen LogP contribution in [-0.4, -0.2) is 5.11 Å². The van der Waals surface area contributed by atoms with E-state index in [0.29, 0.717) is 5.75 Å². The first-order chi connectivity index (χ1) is 10.6. The molecule has 0 amide bonds. The van der Waals surface area contributed by atoms with Crippen molar-refractivity contribution in [1.29, 1.82) is 0 Å². The lowest BCUT2D eigenvalue weighted by Crippen LogP contribution is -2.14. The monoisotopic (exact) mass is 324 g/mol. The summed E-state index contributed by atoms with van der Waals surface area (Å²) in [5.41, 5.74) is 0.0494. The Kier molecular flexibility index (Phi) is 4.59. The molecule has 2 rings (SSSR count). The number of hydrogen-bond acceptors (Lipinski definition) is 2. The summed E-state index contributed by atoms with van der Waals surface area (Å²) in [5.74, 6) is -0.345. The van der Waals surface area contributed by atoms with E-state index in [4.69, 9.17) is 4.74 Å². The third kappa shape index (κ3) is 3.97. The SMILES string of the molecule is CCC(C)(C)c1ccc(Oc2ccc(O)c(C(F)(F)F)c2)cc1. The fraction of sp³-hybridized carbons (Fsp3) is 0.333. The Hall–Kier alpha value is -2.17. The molecule has 0 radical (unpaired) electrons. The van der Waals surface area contributed by atoms with Gasteiger partial charge >= 0.3 is 6.18 Å². The van der Waals surface area contributed by atoms with Crippen LogP contribution in [0.5, 0.6) is 17.2 Å². The zero-order chi connectivity index (χ0) is 17.3. The molecule has 2 aromatic carbocycles. The van der Waals surface area contributed by atoms with Crippen LogP contribution in [-0.2, 0) is 11.6 Å². The van der Waals surface area contributed by atoms with E-state index in [9.17, 15) is 18.3 Å². The summed E-state index contributed by atoms with van der Waals surface area (Å²) in [4.78, 5) is 0. The van der Waals surface area contributed by atoms with Gasteiger partial charge < -0.3 is 9.84 Å². The maximum atomic E-state index is 12.8. The molecule has 2 aromatic rings. The van der Waals surface area contributed by atoms with E-state index in [1.54, 1.807) is 12.1 Å². The second kappa shape index (κ2) is 6.14. The Labute approximate surface area is 133 Å². The fourth-order valence-corrected chi connectivity index (χ4v) is 2.12. The van der Waals surface area contributed by atoms with Gasteiger partial charge in [0.25, 0.3) is 0 Å². The van der Waals surface area contributed by atoms with Crippen molar-refractivity contribution in [2.75, 3.05) is 0 Å². The number of phenols is 1. The predicted octanol–water partition coefficient (Wildman–Crippen LogP) is 5.89. The van der Waals surface area contributed by atoms with Gasteiger partial charge in [-0.3, -0.25) is 0 Å². The molecule has 0 saturated heterocycles. The third-order valence-corrected chi connectivity index (χ3v) is 4.03. The van der Waals surface area contributed by atoms with Crippen molar-refractivity contribution in [3.63, 3.8) is 0 Å². The minimum absolute atomic E-state index is 0.0256. The normalized spacial score (nSPS) is 12.3. The summed E-state index contributed by atoms with van der Waals surface area (Å²) in [5, 5.41) is 9.31. The Morgan fingerprint density at radius 2 is 1.52 bits per heavy atom. The van der Waals surface area contributed by atoms with Gasteiger partial charge in [0, 0.05) is 0 Å². The van der Waals surface area contributed by atoms with E-state index >= 15 is 0 Å².